The predicted molar refractivity (Wildman–Crippen MR) is 50.5 cm³/mol. The third-order valence-electron chi connectivity index (χ3n) is 1.97. The van der Waals surface area contributed by atoms with E-state index in [0.717, 1.165) is 0 Å². The van der Waals surface area contributed by atoms with E-state index in [1.54, 1.807) is 11.8 Å². The minimum Gasteiger partial charge on any atom is -0.380 e. The quantitative estimate of drug-likeness (QED) is 0.521. The van der Waals surface area contributed by atoms with E-state index < -0.39 is 3.61 Å². The number of carbonyl (C=O) groups excluding carboxylic acids is 1. The van der Waals surface area contributed by atoms with Gasteiger partial charge in [-0.05, 0) is 22.6 Å². The first-order valence-electron chi connectivity index (χ1n) is 3.68. The van der Waals surface area contributed by atoms with Crippen molar-refractivity contribution in [1.82, 2.24) is 4.90 Å². The number of nitrogens with zero attached hydrogens (tertiary/aromatic N) is 1. The van der Waals surface area contributed by atoms with Gasteiger partial charge >= 0.3 is 0 Å². The van der Waals surface area contributed by atoms with Gasteiger partial charge in [-0.25, -0.2) is 0 Å². The first-order valence-corrected chi connectivity index (χ1v) is 4.76. The lowest BCUT2D eigenvalue weighted by atomic mass is 10.1. The maximum absolute atomic E-state index is 10.9. The van der Waals surface area contributed by atoms with Crippen LogP contribution in [0.5, 0.6) is 0 Å². The van der Waals surface area contributed by atoms with E-state index in [-0.39, 0.29) is 5.91 Å². The molecule has 1 amide bonds. The zero-order chi connectivity index (χ0) is 8.48. The maximum atomic E-state index is 10.9. The normalized spacial score (nSPS) is 23.4. The molecular formula is C7H12INO2. The SMILES string of the molecule is CC(=O)N1CCC(O)(I)CC1. The molecule has 1 heterocycles. The fourth-order valence-corrected chi connectivity index (χ4v) is 1.65. The molecule has 0 aliphatic carbocycles. The molecule has 1 rings (SSSR count). The highest BCUT2D eigenvalue weighted by Gasteiger charge is 2.29. The van der Waals surface area contributed by atoms with E-state index in [2.05, 4.69) is 0 Å². The maximum Gasteiger partial charge on any atom is 0.219 e. The highest BCUT2D eigenvalue weighted by atomic mass is 127. The molecule has 0 spiro atoms. The first kappa shape index (κ1) is 9.25. The fraction of sp³-hybridized carbons (Fsp3) is 0.857. The molecule has 0 aromatic carbocycles. The monoisotopic (exact) mass is 269 g/mol. The van der Waals surface area contributed by atoms with E-state index in [1.165, 1.54) is 0 Å². The summed E-state index contributed by atoms with van der Waals surface area (Å²) in [6, 6.07) is 0. The Morgan fingerprint density at radius 1 is 1.55 bits per heavy atom. The molecule has 4 heteroatoms. The van der Waals surface area contributed by atoms with Crippen molar-refractivity contribution in [3.8, 4) is 0 Å². The average Bonchev–Trinajstić information content (AvgIpc) is 1.86. The fourth-order valence-electron chi connectivity index (χ4n) is 1.16. The van der Waals surface area contributed by atoms with Gasteiger partial charge in [0.15, 0.2) is 0 Å². The zero-order valence-electron chi connectivity index (χ0n) is 6.51. The minimum atomic E-state index is -0.580. The van der Waals surface area contributed by atoms with Crippen molar-refractivity contribution < 1.29 is 9.90 Å². The molecule has 1 aliphatic heterocycles. The van der Waals surface area contributed by atoms with E-state index in [1.807, 2.05) is 22.6 Å². The largest absolute Gasteiger partial charge is 0.380 e. The number of hydrogen-bond donors (Lipinski definition) is 1. The van der Waals surface area contributed by atoms with Crippen LogP contribution in [0, 0.1) is 0 Å². The van der Waals surface area contributed by atoms with Crippen LogP contribution < -0.4 is 0 Å². The van der Waals surface area contributed by atoms with Crippen LogP contribution in [-0.2, 0) is 4.79 Å². The van der Waals surface area contributed by atoms with Crippen molar-refractivity contribution in [2.75, 3.05) is 13.1 Å². The number of hydrogen-bond acceptors (Lipinski definition) is 2. The summed E-state index contributed by atoms with van der Waals surface area (Å²) in [7, 11) is 0. The molecule has 1 saturated heterocycles. The standard InChI is InChI=1S/C7H12INO2/c1-6(10)9-4-2-7(8,11)3-5-9/h11H,2-5H2,1H3. The highest BCUT2D eigenvalue weighted by Crippen LogP contribution is 2.28. The third kappa shape index (κ3) is 2.59. The van der Waals surface area contributed by atoms with Gasteiger partial charge in [-0.3, -0.25) is 4.79 Å². The molecule has 0 atom stereocenters. The van der Waals surface area contributed by atoms with Crippen molar-refractivity contribution in [1.29, 1.82) is 0 Å². The second-order valence-corrected chi connectivity index (χ2v) is 4.93. The Morgan fingerprint density at radius 3 is 2.36 bits per heavy atom. The number of likely N-dealkylation sites (tertiary alicyclic amines) is 1. The smallest absolute Gasteiger partial charge is 0.219 e. The Bertz CT molecular complexity index is 160. The Kier molecular flexibility index (Phi) is 2.74. The molecule has 0 radical (unpaired) electrons. The number of piperidine rings is 1. The third-order valence-corrected chi connectivity index (χ3v) is 3.05. The molecule has 0 saturated carbocycles. The topological polar surface area (TPSA) is 40.5 Å². The van der Waals surface area contributed by atoms with Crippen LogP contribution in [0.2, 0.25) is 0 Å². The van der Waals surface area contributed by atoms with Crippen molar-refractivity contribution in [2.45, 2.75) is 23.4 Å². The number of alkyl halides is 1. The van der Waals surface area contributed by atoms with E-state index in [0.29, 0.717) is 25.9 Å². The highest BCUT2D eigenvalue weighted by molar-refractivity contribution is 14.1. The average molecular weight is 269 g/mol. The van der Waals surface area contributed by atoms with Crippen LogP contribution in [0.4, 0.5) is 0 Å². The molecule has 1 aliphatic rings. The Hall–Kier alpha value is 0.160. The lowest BCUT2D eigenvalue weighted by Gasteiger charge is -2.33. The van der Waals surface area contributed by atoms with Gasteiger partial charge in [-0.15, -0.1) is 0 Å². The summed E-state index contributed by atoms with van der Waals surface area (Å²) in [5.41, 5.74) is 0. The zero-order valence-corrected chi connectivity index (χ0v) is 8.67. The van der Waals surface area contributed by atoms with Crippen LogP contribution in [0.1, 0.15) is 19.8 Å². The number of carbonyl (C=O) groups is 1. The molecule has 1 fully saturated rings. The van der Waals surface area contributed by atoms with Gasteiger partial charge in [-0.1, -0.05) is 0 Å². The number of rotatable bonds is 0. The summed E-state index contributed by atoms with van der Waals surface area (Å²) in [6.07, 6.45) is 1.38. The van der Waals surface area contributed by atoms with Gasteiger partial charge < -0.3 is 10.0 Å². The summed E-state index contributed by atoms with van der Waals surface area (Å²) in [5.74, 6) is 0.108. The van der Waals surface area contributed by atoms with Crippen molar-refractivity contribution in [3.63, 3.8) is 0 Å². The van der Waals surface area contributed by atoms with E-state index >= 15 is 0 Å². The Balaban J connectivity index is 2.42. The summed E-state index contributed by atoms with van der Waals surface area (Å²) < 4.78 is -0.580. The first-order chi connectivity index (χ1) is 5.01. The summed E-state index contributed by atoms with van der Waals surface area (Å²) >= 11 is 2.04. The summed E-state index contributed by atoms with van der Waals surface area (Å²) in [4.78, 5) is 12.6. The molecule has 0 aromatic rings. The minimum absolute atomic E-state index is 0.108. The van der Waals surface area contributed by atoms with Crippen LogP contribution in [-0.4, -0.2) is 32.6 Å². The van der Waals surface area contributed by atoms with Gasteiger partial charge in [0.25, 0.3) is 0 Å². The molecular weight excluding hydrogens is 257 g/mol. The van der Waals surface area contributed by atoms with Gasteiger partial charge in [-0.2, -0.15) is 0 Å². The second-order valence-electron chi connectivity index (χ2n) is 2.92. The van der Waals surface area contributed by atoms with Gasteiger partial charge in [0.2, 0.25) is 5.91 Å². The Labute approximate surface area is 79.9 Å². The van der Waals surface area contributed by atoms with Gasteiger partial charge in [0.1, 0.15) is 3.61 Å². The number of halogens is 1. The van der Waals surface area contributed by atoms with Crippen LogP contribution in [0.3, 0.4) is 0 Å². The summed E-state index contributed by atoms with van der Waals surface area (Å²) in [6.45, 7) is 2.95. The number of amides is 1. The molecule has 64 valence electrons. The van der Waals surface area contributed by atoms with Crippen LogP contribution in [0.15, 0.2) is 0 Å². The molecule has 0 bridgehead atoms. The van der Waals surface area contributed by atoms with E-state index in [9.17, 15) is 9.90 Å². The molecule has 3 nitrogen and oxygen atoms in total. The van der Waals surface area contributed by atoms with Crippen LogP contribution in [0.25, 0.3) is 0 Å². The molecule has 0 unspecified atom stereocenters. The summed E-state index contributed by atoms with van der Waals surface area (Å²) in [5, 5.41) is 9.52. The predicted octanol–water partition coefficient (Wildman–Crippen LogP) is 0.752. The Morgan fingerprint density at radius 2 is 2.00 bits per heavy atom. The second kappa shape index (κ2) is 3.26. The lowest BCUT2D eigenvalue weighted by molar-refractivity contribution is -0.130. The van der Waals surface area contributed by atoms with Crippen molar-refractivity contribution in [2.24, 2.45) is 0 Å². The van der Waals surface area contributed by atoms with Gasteiger partial charge in [0, 0.05) is 32.9 Å². The lowest BCUT2D eigenvalue weighted by Crippen LogP contribution is -2.42. The van der Waals surface area contributed by atoms with Crippen molar-refractivity contribution >= 4 is 28.5 Å². The van der Waals surface area contributed by atoms with Crippen molar-refractivity contribution in [3.05, 3.63) is 0 Å². The molecule has 1 N–H and O–H groups in total. The molecule has 0 aromatic heterocycles. The molecule has 11 heavy (non-hydrogen) atoms. The van der Waals surface area contributed by atoms with E-state index in [4.69, 9.17) is 0 Å². The van der Waals surface area contributed by atoms with Crippen LogP contribution >= 0.6 is 22.6 Å². The number of aliphatic hydroxyl groups is 1. The van der Waals surface area contributed by atoms with Gasteiger partial charge in [0.05, 0.1) is 0 Å².